The lowest BCUT2D eigenvalue weighted by atomic mass is 9.97. The third-order valence-electron chi connectivity index (χ3n) is 3.88. The van der Waals surface area contributed by atoms with E-state index < -0.39 is 0 Å². The Morgan fingerprint density at radius 2 is 1.73 bits per heavy atom. The van der Waals surface area contributed by atoms with Crippen LogP contribution in [0.1, 0.15) is 23.7 Å². The van der Waals surface area contributed by atoms with E-state index in [4.69, 9.17) is 14.2 Å². The Morgan fingerprint density at radius 3 is 2.41 bits per heavy atom. The number of ether oxygens (including phenoxy) is 3. The number of aromatic hydroxyl groups is 2. The van der Waals surface area contributed by atoms with Gasteiger partial charge in [0, 0.05) is 6.07 Å². The van der Waals surface area contributed by atoms with Gasteiger partial charge in [0.15, 0.2) is 23.0 Å². The maximum absolute atomic E-state index is 9.89. The maximum atomic E-state index is 9.89. The van der Waals surface area contributed by atoms with Crippen LogP contribution in [0, 0.1) is 0 Å². The van der Waals surface area contributed by atoms with Crippen molar-refractivity contribution in [3.8, 4) is 28.7 Å². The summed E-state index contributed by atoms with van der Waals surface area (Å²) in [6.45, 7) is 0. The number of hydrogen-bond acceptors (Lipinski definition) is 5. The molecule has 0 saturated heterocycles. The minimum absolute atomic E-state index is 0.0551. The monoisotopic (exact) mass is 302 g/mol. The summed E-state index contributed by atoms with van der Waals surface area (Å²) in [5, 5.41) is 19.8. The zero-order chi connectivity index (χ0) is 15.7. The van der Waals surface area contributed by atoms with Gasteiger partial charge in [-0.25, -0.2) is 0 Å². The summed E-state index contributed by atoms with van der Waals surface area (Å²) < 4.78 is 16.1. The number of hydrogen-bond donors (Lipinski definition) is 2. The third-order valence-corrected chi connectivity index (χ3v) is 3.88. The van der Waals surface area contributed by atoms with Crippen molar-refractivity contribution in [1.29, 1.82) is 0 Å². The van der Waals surface area contributed by atoms with Crippen molar-refractivity contribution in [3.05, 3.63) is 41.5 Å². The van der Waals surface area contributed by atoms with Gasteiger partial charge in [0.05, 0.1) is 14.2 Å². The molecule has 5 nitrogen and oxygen atoms in total. The Balaban J connectivity index is 1.88. The lowest BCUT2D eigenvalue weighted by molar-refractivity contribution is 0.175. The van der Waals surface area contributed by atoms with Gasteiger partial charge in [-0.1, -0.05) is 6.07 Å². The Morgan fingerprint density at radius 1 is 1.00 bits per heavy atom. The number of phenols is 2. The van der Waals surface area contributed by atoms with Gasteiger partial charge < -0.3 is 24.4 Å². The molecule has 0 aliphatic carbocycles. The van der Waals surface area contributed by atoms with Crippen LogP contribution in [0.4, 0.5) is 0 Å². The molecule has 0 aromatic heterocycles. The number of benzene rings is 2. The van der Waals surface area contributed by atoms with Gasteiger partial charge in [-0.05, 0) is 42.2 Å². The van der Waals surface area contributed by atoms with E-state index in [9.17, 15) is 10.2 Å². The zero-order valence-corrected chi connectivity index (χ0v) is 12.5. The maximum Gasteiger partial charge on any atom is 0.161 e. The van der Waals surface area contributed by atoms with E-state index in [1.165, 1.54) is 14.2 Å². The van der Waals surface area contributed by atoms with Crippen LogP contribution in [0.15, 0.2) is 30.3 Å². The standard InChI is InChI=1S/C17H18O5/c1-20-15-6-4-10(7-12(15)18)14-5-3-11-8-17(21-2)13(19)9-16(11)22-14/h4,6-9,14,18-19H,3,5H2,1-2H3/t14-/m1/s1. The van der Waals surface area contributed by atoms with Crippen LogP contribution in [0.3, 0.4) is 0 Å². The number of phenolic OH excluding ortho intramolecular Hbond substituents is 2. The van der Waals surface area contributed by atoms with Crippen LogP contribution in [0.5, 0.6) is 28.7 Å². The second kappa shape index (κ2) is 5.67. The van der Waals surface area contributed by atoms with Gasteiger partial charge in [0.25, 0.3) is 0 Å². The molecule has 1 atom stereocenters. The number of methoxy groups -OCH3 is 2. The molecule has 1 heterocycles. The molecule has 0 bridgehead atoms. The molecule has 0 spiro atoms. The van der Waals surface area contributed by atoms with Crippen molar-refractivity contribution in [2.45, 2.75) is 18.9 Å². The first kappa shape index (κ1) is 14.4. The van der Waals surface area contributed by atoms with E-state index in [1.54, 1.807) is 24.3 Å². The van der Waals surface area contributed by atoms with Crippen molar-refractivity contribution in [3.63, 3.8) is 0 Å². The van der Waals surface area contributed by atoms with Crippen molar-refractivity contribution < 1.29 is 24.4 Å². The Bertz CT molecular complexity index is 696. The van der Waals surface area contributed by atoms with Crippen LogP contribution in [0.2, 0.25) is 0 Å². The summed E-state index contributed by atoms with van der Waals surface area (Å²) in [4.78, 5) is 0. The van der Waals surface area contributed by atoms with Gasteiger partial charge in [-0.15, -0.1) is 0 Å². The lowest BCUT2D eigenvalue weighted by Crippen LogP contribution is -2.15. The molecule has 0 unspecified atom stereocenters. The third kappa shape index (κ3) is 2.50. The first-order valence-corrected chi connectivity index (χ1v) is 7.05. The van der Waals surface area contributed by atoms with Crippen molar-refractivity contribution in [1.82, 2.24) is 0 Å². The van der Waals surface area contributed by atoms with Crippen molar-refractivity contribution >= 4 is 0 Å². The molecule has 1 aliphatic heterocycles. The van der Waals surface area contributed by atoms with E-state index in [-0.39, 0.29) is 17.6 Å². The fourth-order valence-electron chi connectivity index (χ4n) is 2.70. The van der Waals surface area contributed by atoms with Gasteiger partial charge >= 0.3 is 0 Å². The smallest absolute Gasteiger partial charge is 0.161 e. The van der Waals surface area contributed by atoms with Gasteiger partial charge in [0.2, 0.25) is 0 Å². The van der Waals surface area contributed by atoms with E-state index in [1.807, 2.05) is 6.07 Å². The second-order valence-electron chi connectivity index (χ2n) is 5.21. The van der Waals surface area contributed by atoms with Crippen LogP contribution in [0.25, 0.3) is 0 Å². The summed E-state index contributed by atoms with van der Waals surface area (Å²) in [6.07, 6.45) is 1.42. The number of aryl methyl sites for hydroxylation is 1. The van der Waals surface area contributed by atoms with Gasteiger partial charge in [-0.3, -0.25) is 0 Å². The number of fused-ring (bicyclic) bond motifs is 1. The molecular weight excluding hydrogens is 284 g/mol. The zero-order valence-electron chi connectivity index (χ0n) is 12.5. The van der Waals surface area contributed by atoms with E-state index >= 15 is 0 Å². The van der Waals surface area contributed by atoms with Crippen LogP contribution in [-0.4, -0.2) is 24.4 Å². The first-order valence-electron chi connectivity index (χ1n) is 7.05. The van der Waals surface area contributed by atoms with Crippen molar-refractivity contribution in [2.75, 3.05) is 14.2 Å². The van der Waals surface area contributed by atoms with Crippen LogP contribution >= 0.6 is 0 Å². The quantitative estimate of drug-likeness (QED) is 0.911. The van der Waals surface area contributed by atoms with Crippen molar-refractivity contribution in [2.24, 2.45) is 0 Å². The summed E-state index contributed by atoms with van der Waals surface area (Å²) in [5.74, 6) is 1.67. The minimum atomic E-state index is -0.169. The summed E-state index contributed by atoms with van der Waals surface area (Å²) in [6, 6.07) is 8.61. The highest BCUT2D eigenvalue weighted by atomic mass is 16.5. The molecule has 2 N–H and O–H groups in total. The average molecular weight is 302 g/mol. The molecule has 0 radical (unpaired) electrons. The molecule has 0 saturated carbocycles. The molecule has 3 rings (SSSR count). The Hall–Kier alpha value is -2.56. The molecule has 5 heteroatoms. The highest BCUT2D eigenvalue weighted by Gasteiger charge is 2.24. The fourth-order valence-corrected chi connectivity index (χ4v) is 2.70. The highest BCUT2D eigenvalue weighted by Crippen LogP contribution is 2.42. The SMILES string of the molecule is COc1ccc([C@H]2CCc3cc(OC)c(O)cc3O2)cc1O. The largest absolute Gasteiger partial charge is 0.504 e. The number of rotatable bonds is 3. The van der Waals surface area contributed by atoms with E-state index in [0.29, 0.717) is 17.2 Å². The normalized spacial score (nSPS) is 16.5. The fraction of sp³-hybridized carbons (Fsp3) is 0.294. The van der Waals surface area contributed by atoms with Crippen LogP contribution in [-0.2, 0) is 6.42 Å². The molecule has 2 aromatic carbocycles. The van der Waals surface area contributed by atoms with Crippen LogP contribution < -0.4 is 14.2 Å². The second-order valence-corrected chi connectivity index (χ2v) is 5.21. The van der Waals surface area contributed by atoms with Gasteiger partial charge in [-0.2, -0.15) is 0 Å². The Kier molecular flexibility index (Phi) is 3.71. The lowest BCUT2D eigenvalue weighted by Gasteiger charge is -2.27. The topological polar surface area (TPSA) is 68.2 Å². The summed E-state index contributed by atoms with van der Waals surface area (Å²) in [5.41, 5.74) is 1.88. The van der Waals surface area contributed by atoms with Gasteiger partial charge in [0.1, 0.15) is 11.9 Å². The van der Waals surface area contributed by atoms with E-state index in [0.717, 1.165) is 24.0 Å². The molecule has 2 aromatic rings. The molecule has 0 fully saturated rings. The van der Waals surface area contributed by atoms with E-state index in [2.05, 4.69) is 0 Å². The molecule has 116 valence electrons. The Labute approximate surface area is 128 Å². The predicted molar refractivity (Wildman–Crippen MR) is 81.0 cm³/mol. The molecule has 22 heavy (non-hydrogen) atoms. The molecule has 0 amide bonds. The average Bonchev–Trinajstić information content (AvgIpc) is 2.53. The molecular formula is C17H18O5. The highest BCUT2D eigenvalue weighted by molar-refractivity contribution is 5.51. The summed E-state index contributed by atoms with van der Waals surface area (Å²) >= 11 is 0. The predicted octanol–water partition coefficient (Wildman–Crippen LogP) is 3.18. The molecule has 1 aliphatic rings. The first-order chi connectivity index (χ1) is 10.6. The minimum Gasteiger partial charge on any atom is -0.504 e. The summed E-state index contributed by atoms with van der Waals surface area (Å²) in [7, 11) is 3.03.